The Bertz CT molecular complexity index is 2940. The minimum absolute atomic E-state index is 0. The zero-order valence-corrected chi connectivity index (χ0v) is 49.7. The third-order valence-electron chi connectivity index (χ3n) is 20.4. The molecule has 5 aliphatic carbocycles. The van der Waals surface area contributed by atoms with Gasteiger partial charge in [0.1, 0.15) is 11.6 Å². The number of rotatable bonds is 9. The third-order valence-corrected chi connectivity index (χ3v) is 20.4. The topological polar surface area (TPSA) is 0 Å². The quantitative estimate of drug-likeness (QED) is 0.135. The van der Waals surface area contributed by atoms with Gasteiger partial charge in [0.05, 0.1) is 0 Å². The van der Waals surface area contributed by atoms with E-state index in [0.29, 0.717) is 23.3 Å². The van der Waals surface area contributed by atoms with Gasteiger partial charge in [0.25, 0.3) is 0 Å². The lowest BCUT2D eigenvalue weighted by molar-refractivity contribution is 0.347. The molecule has 0 aromatic heterocycles. The van der Waals surface area contributed by atoms with Crippen LogP contribution in [0.3, 0.4) is 0 Å². The highest BCUT2D eigenvalue weighted by atomic mass is 19.1. The van der Waals surface area contributed by atoms with Gasteiger partial charge in [-0.05, 0) is 204 Å². The molecule has 5 saturated carbocycles. The van der Waals surface area contributed by atoms with Crippen LogP contribution in [-0.4, -0.2) is 0 Å². The predicted molar refractivity (Wildman–Crippen MR) is 348 cm³/mol. The van der Waals surface area contributed by atoms with Crippen LogP contribution in [0.1, 0.15) is 233 Å². The summed E-state index contributed by atoms with van der Waals surface area (Å²) in [6, 6.07) is 55.9. The van der Waals surface area contributed by atoms with Gasteiger partial charge in [-0.25, -0.2) is 8.78 Å². The summed E-state index contributed by atoms with van der Waals surface area (Å²) in [6.45, 7) is 13.9. The second kappa shape index (κ2) is 27.4. The summed E-state index contributed by atoms with van der Waals surface area (Å²) in [7, 11) is 0. The molecule has 430 valence electrons. The Morgan fingerprint density at radius 1 is 0.250 bits per heavy atom. The lowest BCUT2D eigenvalue weighted by Crippen LogP contribution is -2.11. The zero-order chi connectivity index (χ0) is 55.5. The molecule has 0 atom stereocenters. The molecule has 0 radical (unpaired) electrons. The van der Waals surface area contributed by atoms with Crippen LogP contribution >= 0.6 is 0 Å². The Kier molecular flexibility index (Phi) is 19.8. The van der Waals surface area contributed by atoms with Crippen molar-refractivity contribution in [2.75, 3.05) is 0 Å². The summed E-state index contributed by atoms with van der Waals surface area (Å²) in [4.78, 5) is 0. The van der Waals surface area contributed by atoms with E-state index in [0.717, 1.165) is 69.2 Å². The van der Waals surface area contributed by atoms with E-state index in [4.69, 9.17) is 0 Å². The van der Waals surface area contributed by atoms with Crippen molar-refractivity contribution in [2.24, 2.45) is 29.6 Å². The first-order chi connectivity index (χ1) is 38.9. The predicted octanol–water partition coefficient (Wildman–Crippen LogP) is 25.0. The summed E-state index contributed by atoms with van der Waals surface area (Å²) in [6.07, 6.45) is 26.5. The van der Waals surface area contributed by atoms with Gasteiger partial charge in [0, 0.05) is 18.3 Å². The normalized spacial score (nSPS) is 26.0. The minimum atomic E-state index is -0.165. The number of hydrogen-bond donors (Lipinski definition) is 0. The largest absolute Gasteiger partial charge is 0.206 e. The van der Waals surface area contributed by atoms with Crippen molar-refractivity contribution in [1.29, 1.82) is 0 Å². The monoisotopic (exact) mass is 1080 g/mol. The second-order valence-electron chi connectivity index (χ2n) is 26.6. The maximum Gasteiger partial charge on any atom is 0.131 e. The summed E-state index contributed by atoms with van der Waals surface area (Å²) < 4.78 is 29.6. The Morgan fingerprint density at radius 2 is 0.475 bits per heavy atom. The van der Waals surface area contributed by atoms with Crippen LogP contribution in [-0.2, 0) is 0 Å². The molecule has 7 aromatic carbocycles. The molecule has 0 nitrogen and oxygen atoms in total. The van der Waals surface area contributed by atoms with Crippen molar-refractivity contribution in [2.45, 2.75) is 200 Å². The van der Waals surface area contributed by atoms with Gasteiger partial charge in [-0.15, -0.1) is 0 Å². The van der Waals surface area contributed by atoms with Crippen LogP contribution in [0.2, 0.25) is 0 Å². The van der Waals surface area contributed by atoms with Crippen LogP contribution < -0.4 is 0 Å². The van der Waals surface area contributed by atoms with Crippen molar-refractivity contribution < 1.29 is 15.9 Å². The molecule has 5 fully saturated rings. The van der Waals surface area contributed by atoms with E-state index in [-0.39, 0.29) is 18.8 Å². The SMILES string of the molecule is CC1CCC(c2ccc(-c3ccc(C4CCC(C)CC4)cc3)cc2)CC1.CC1CCC(c2ccc(-c3ccc(C4CCC(C)CC4)cc3F)cc2)CC1.Cc1ccc(-c2ccc(-c3ccc(C4CCC(C)CC4)cc3)cc2F)cc1.[HH].[HH].[HH].[HH].[HH]. The molecule has 0 amide bonds. The molecule has 80 heavy (non-hydrogen) atoms. The van der Waals surface area contributed by atoms with E-state index < -0.39 is 0 Å². The van der Waals surface area contributed by atoms with Gasteiger partial charge >= 0.3 is 0 Å². The molecular formula is C78H104F2. The smallest absolute Gasteiger partial charge is 0.131 e. The molecule has 2 heteroatoms. The van der Waals surface area contributed by atoms with Crippen LogP contribution in [0, 0.1) is 48.1 Å². The van der Waals surface area contributed by atoms with E-state index in [1.54, 1.807) is 23.3 Å². The van der Waals surface area contributed by atoms with Crippen LogP contribution in [0.5, 0.6) is 0 Å². The molecular weight excluding hydrogens is 975 g/mol. The zero-order valence-electron chi connectivity index (χ0n) is 49.7. The van der Waals surface area contributed by atoms with Crippen molar-refractivity contribution in [3.05, 3.63) is 203 Å². The molecule has 0 bridgehead atoms. The number of halogens is 2. The first-order valence-corrected chi connectivity index (χ1v) is 32.0. The standard InChI is InChI=1S/C26H27F.C26H33F.C26H34.5H2/c1-18-3-7-20(8-4-18)21-11-13-22(14-12-21)24-15-16-25(26(27)17-24)23-9-5-19(2)6-10-23;1-18-3-7-20(8-4-18)21-11-13-23(14-12-21)25-16-15-24(17-26(25)27)22-9-5-19(2)6-10-22;1-19-3-7-21(8-4-19)23-11-15-25(16-12-23)26-17-13-24(14-18-26)22-9-5-20(2)6-10-22;;;;;/h5-6,9-18,20H,3-4,7-8H2,1-2H3;11-20,22H,3-10H2,1-2H3;11-22H,3-10H2,1-2H3;5*1H. The fourth-order valence-electron chi connectivity index (χ4n) is 14.4. The molecule has 0 spiro atoms. The average Bonchev–Trinajstić information content (AvgIpc) is 3.63. The van der Waals surface area contributed by atoms with Gasteiger partial charge in [-0.3, -0.25) is 0 Å². The maximum absolute atomic E-state index is 14.9. The van der Waals surface area contributed by atoms with Gasteiger partial charge in [-0.2, -0.15) is 0 Å². The van der Waals surface area contributed by atoms with Gasteiger partial charge < -0.3 is 0 Å². The fourth-order valence-corrected chi connectivity index (χ4v) is 14.4. The third kappa shape index (κ3) is 15.1. The molecule has 0 N–H and O–H groups in total. The highest BCUT2D eigenvalue weighted by Crippen LogP contribution is 2.42. The highest BCUT2D eigenvalue weighted by Gasteiger charge is 2.25. The first-order valence-electron chi connectivity index (χ1n) is 32.0. The van der Waals surface area contributed by atoms with E-state index in [1.807, 2.05) is 49.4 Å². The van der Waals surface area contributed by atoms with Crippen LogP contribution in [0.25, 0.3) is 44.5 Å². The number of hydrogen-bond acceptors (Lipinski definition) is 0. The Morgan fingerprint density at radius 3 is 0.775 bits per heavy atom. The minimum Gasteiger partial charge on any atom is -0.206 e. The van der Waals surface area contributed by atoms with E-state index >= 15 is 0 Å². The lowest BCUT2D eigenvalue weighted by atomic mass is 9.79. The summed E-state index contributed by atoms with van der Waals surface area (Å²) in [5, 5.41) is 0. The van der Waals surface area contributed by atoms with Crippen molar-refractivity contribution >= 4 is 0 Å². The fraction of sp³-hybridized carbons (Fsp3) is 0.462. The highest BCUT2D eigenvalue weighted by molar-refractivity contribution is 5.72. The molecule has 7 aromatic rings. The lowest BCUT2D eigenvalue weighted by Gasteiger charge is -2.27. The number of aryl methyl sites for hydroxylation is 1. The average molecular weight is 1080 g/mol. The van der Waals surface area contributed by atoms with E-state index in [9.17, 15) is 8.78 Å². The second-order valence-corrected chi connectivity index (χ2v) is 26.6. The summed E-state index contributed by atoms with van der Waals surface area (Å²) in [5.41, 5.74) is 16.4. The van der Waals surface area contributed by atoms with Gasteiger partial charge in [0.2, 0.25) is 0 Å². The molecule has 0 unspecified atom stereocenters. The molecule has 0 heterocycles. The van der Waals surface area contributed by atoms with Gasteiger partial charge in [-0.1, -0.05) is 250 Å². The molecule has 0 aliphatic heterocycles. The molecule has 12 rings (SSSR count). The maximum atomic E-state index is 14.9. The van der Waals surface area contributed by atoms with Crippen molar-refractivity contribution in [1.82, 2.24) is 0 Å². The Labute approximate surface area is 490 Å². The van der Waals surface area contributed by atoms with Crippen LogP contribution in [0.15, 0.2) is 158 Å². The molecule has 0 saturated heterocycles. The Balaban J connectivity index is 0.000000226. The van der Waals surface area contributed by atoms with Crippen LogP contribution in [0.4, 0.5) is 8.78 Å². The summed E-state index contributed by atoms with van der Waals surface area (Å²) >= 11 is 0. The van der Waals surface area contributed by atoms with E-state index in [2.05, 4.69) is 138 Å². The van der Waals surface area contributed by atoms with E-state index in [1.165, 1.54) is 162 Å². The first kappa shape index (κ1) is 57.6. The molecule has 5 aliphatic rings. The Hall–Kier alpha value is -5.60. The number of benzene rings is 7. The van der Waals surface area contributed by atoms with Crippen molar-refractivity contribution in [3.8, 4) is 44.5 Å². The van der Waals surface area contributed by atoms with Crippen molar-refractivity contribution in [3.63, 3.8) is 0 Å². The summed E-state index contributed by atoms with van der Waals surface area (Å²) in [5.74, 6) is 7.70. The van der Waals surface area contributed by atoms with Gasteiger partial charge in [0.15, 0.2) is 0 Å².